The van der Waals surface area contributed by atoms with Crippen molar-refractivity contribution in [1.82, 2.24) is 0 Å². The molecule has 0 radical (unpaired) electrons. The van der Waals surface area contributed by atoms with Crippen molar-refractivity contribution < 1.29 is 14.7 Å². The second kappa shape index (κ2) is 7.09. The maximum atomic E-state index is 12.5. The number of carbonyl (C=O) groups is 2. The molecule has 2 aromatic carbocycles. The maximum absolute atomic E-state index is 12.5. The quantitative estimate of drug-likeness (QED) is 0.519. The van der Waals surface area contributed by atoms with E-state index in [1.54, 1.807) is 0 Å². The molecule has 0 fully saturated rings. The van der Waals surface area contributed by atoms with Gasteiger partial charge >= 0.3 is 5.97 Å². The third kappa shape index (κ3) is 3.69. The Bertz CT molecular complexity index is 829. The lowest BCUT2D eigenvalue weighted by Gasteiger charge is -2.06. The minimum Gasteiger partial charge on any atom is -0.478 e. The average molecular weight is 318 g/mol. The number of carboxylic acid groups (broad SMARTS) is 1. The van der Waals surface area contributed by atoms with Crippen molar-refractivity contribution in [3.8, 4) is 0 Å². The van der Waals surface area contributed by atoms with E-state index in [2.05, 4.69) is 0 Å². The summed E-state index contributed by atoms with van der Waals surface area (Å²) in [6.07, 6.45) is 7.18. The van der Waals surface area contributed by atoms with Crippen LogP contribution >= 0.6 is 0 Å². The first-order valence-corrected chi connectivity index (χ1v) is 7.98. The summed E-state index contributed by atoms with van der Waals surface area (Å²) in [5.74, 6) is -1.23. The van der Waals surface area contributed by atoms with Gasteiger partial charge in [0.25, 0.3) is 0 Å². The number of fused-ring (bicyclic) bond motifs is 1. The van der Waals surface area contributed by atoms with Crippen LogP contribution in [0.25, 0.3) is 12.2 Å². The molecule has 0 saturated carbocycles. The Labute approximate surface area is 141 Å². The zero-order valence-electron chi connectivity index (χ0n) is 13.2. The number of aliphatic carboxylic acids is 1. The molecule has 24 heavy (non-hydrogen) atoms. The van der Waals surface area contributed by atoms with Gasteiger partial charge in [-0.2, -0.15) is 0 Å². The Hall–Kier alpha value is -2.94. The molecule has 3 nitrogen and oxygen atoms in total. The van der Waals surface area contributed by atoms with Crippen molar-refractivity contribution in [2.24, 2.45) is 0 Å². The lowest BCUT2D eigenvalue weighted by Crippen LogP contribution is -2.06. The number of aryl methyl sites for hydroxylation is 1. The zero-order valence-corrected chi connectivity index (χ0v) is 13.2. The summed E-state index contributed by atoms with van der Waals surface area (Å²) in [4.78, 5) is 23.4. The number of ketones is 1. The molecule has 3 rings (SSSR count). The number of hydrogen-bond donors (Lipinski definition) is 1. The van der Waals surface area contributed by atoms with E-state index in [1.165, 1.54) is 0 Å². The first-order chi connectivity index (χ1) is 11.6. The maximum Gasteiger partial charge on any atom is 0.328 e. The van der Waals surface area contributed by atoms with Gasteiger partial charge in [-0.3, -0.25) is 4.79 Å². The van der Waals surface area contributed by atoms with E-state index in [1.807, 2.05) is 60.7 Å². The fourth-order valence-electron chi connectivity index (χ4n) is 2.94. The Kier molecular flexibility index (Phi) is 4.71. The number of rotatable bonds is 3. The molecule has 1 N–H and O–H groups in total. The molecule has 2 aromatic rings. The third-order valence-corrected chi connectivity index (χ3v) is 4.12. The Balaban J connectivity index is 1.89. The van der Waals surface area contributed by atoms with Gasteiger partial charge in [-0.15, -0.1) is 0 Å². The zero-order chi connectivity index (χ0) is 16.9. The summed E-state index contributed by atoms with van der Waals surface area (Å²) in [5.41, 5.74) is 4.15. The van der Waals surface area contributed by atoms with E-state index in [-0.39, 0.29) is 5.78 Å². The van der Waals surface area contributed by atoms with Gasteiger partial charge in [0.05, 0.1) is 0 Å². The summed E-state index contributed by atoms with van der Waals surface area (Å²) in [6.45, 7) is 0. The molecule has 1 aliphatic carbocycles. The van der Waals surface area contributed by atoms with Crippen molar-refractivity contribution in [3.63, 3.8) is 0 Å². The van der Waals surface area contributed by atoms with Crippen molar-refractivity contribution in [2.45, 2.75) is 19.3 Å². The van der Waals surface area contributed by atoms with Crippen molar-refractivity contribution >= 4 is 23.9 Å². The van der Waals surface area contributed by atoms with E-state index < -0.39 is 5.97 Å². The normalized spacial score (nSPS) is 16.2. The molecular weight excluding hydrogens is 300 g/mol. The topological polar surface area (TPSA) is 54.4 Å². The predicted octanol–water partition coefficient (Wildman–Crippen LogP) is 4.39. The SMILES string of the molecule is O=C(O)/C=C1\CCCc2cc(/C=C/c3ccccc3)ccc2C1=O. The molecule has 0 aromatic heterocycles. The summed E-state index contributed by atoms with van der Waals surface area (Å²) in [6, 6.07) is 15.8. The van der Waals surface area contributed by atoms with E-state index >= 15 is 0 Å². The predicted molar refractivity (Wildman–Crippen MR) is 94.8 cm³/mol. The highest BCUT2D eigenvalue weighted by Crippen LogP contribution is 2.26. The summed E-state index contributed by atoms with van der Waals surface area (Å²) in [7, 11) is 0. The highest BCUT2D eigenvalue weighted by Gasteiger charge is 2.20. The van der Waals surface area contributed by atoms with Gasteiger partial charge < -0.3 is 5.11 Å². The molecule has 120 valence electrons. The van der Waals surface area contributed by atoms with Crippen LogP contribution in [0.15, 0.2) is 60.2 Å². The van der Waals surface area contributed by atoms with Crippen molar-refractivity contribution in [1.29, 1.82) is 0 Å². The van der Waals surface area contributed by atoms with Gasteiger partial charge in [0.2, 0.25) is 0 Å². The first kappa shape index (κ1) is 15.9. The van der Waals surface area contributed by atoms with Crippen LogP contribution in [0.4, 0.5) is 0 Å². The number of benzene rings is 2. The van der Waals surface area contributed by atoms with Crippen molar-refractivity contribution in [3.05, 3.63) is 82.4 Å². The Morgan fingerprint density at radius 2 is 1.71 bits per heavy atom. The molecule has 0 amide bonds. The Morgan fingerprint density at radius 3 is 2.46 bits per heavy atom. The molecule has 0 spiro atoms. The monoisotopic (exact) mass is 318 g/mol. The minimum absolute atomic E-state index is 0.163. The molecule has 0 aliphatic heterocycles. The average Bonchev–Trinajstić information content (AvgIpc) is 2.73. The molecule has 0 atom stereocenters. The number of carboxylic acids is 1. The van der Waals surface area contributed by atoms with Crippen LogP contribution in [0.3, 0.4) is 0 Å². The fourth-order valence-corrected chi connectivity index (χ4v) is 2.94. The van der Waals surface area contributed by atoms with E-state index in [0.717, 1.165) is 35.6 Å². The lowest BCUT2D eigenvalue weighted by atomic mass is 9.97. The number of allylic oxidation sites excluding steroid dienone is 1. The standard InChI is InChI=1S/C21H18O3/c22-20(23)14-18-8-4-7-17-13-16(11-12-19(17)21(18)24)10-9-15-5-2-1-3-6-15/h1-3,5-6,9-14H,4,7-8H2,(H,22,23)/b10-9+,18-14+. The summed E-state index contributed by atoms with van der Waals surface area (Å²) in [5, 5.41) is 8.91. The van der Waals surface area contributed by atoms with Crippen LogP contribution in [0.5, 0.6) is 0 Å². The largest absolute Gasteiger partial charge is 0.478 e. The number of carbonyl (C=O) groups excluding carboxylic acids is 1. The molecule has 0 saturated heterocycles. The smallest absolute Gasteiger partial charge is 0.328 e. The number of hydrogen-bond acceptors (Lipinski definition) is 2. The van der Waals surface area contributed by atoms with Crippen LogP contribution in [-0.4, -0.2) is 16.9 Å². The lowest BCUT2D eigenvalue weighted by molar-refractivity contribution is -0.131. The van der Waals surface area contributed by atoms with Gasteiger partial charge in [-0.1, -0.05) is 60.7 Å². The van der Waals surface area contributed by atoms with Crippen LogP contribution < -0.4 is 0 Å². The molecule has 1 aliphatic rings. The van der Waals surface area contributed by atoms with Crippen LogP contribution in [0.2, 0.25) is 0 Å². The second-order valence-corrected chi connectivity index (χ2v) is 5.85. The fraction of sp³-hybridized carbons (Fsp3) is 0.143. The van der Waals surface area contributed by atoms with Gasteiger partial charge in [-0.25, -0.2) is 4.79 Å². The summed E-state index contributed by atoms with van der Waals surface area (Å²) >= 11 is 0. The van der Waals surface area contributed by atoms with E-state index in [9.17, 15) is 9.59 Å². The highest BCUT2D eigenvalue weighted by atomic mass is 16.4. The third-order valence-electron chi connectivity index (χ3n) is 4.12. The van der Waals surface area contributed by atoms with Gasteiger partial charge in [0.15, 0.2) is 5.78 Å². The van der Waals surface area contributed by atoms with Crippen LogP contribution in [-0.2, 0) is 11.2 Å². The Morgan fingerprint density at radius 1 is 0.958 bits per heavy atom. The van der Waals surface area contributed by atoms with E-state index in [4.69, 9.17) is 5.11 Å². The molecule has 0 heterocycles. The highest BCUT2D eigenvalue weighted by molar-refractivity contribution is 6.12. The van der Waals surface area contributed by atoms with Crippen LogP contribution in [0.1, 0.15) is 39.9 Å². The molecular formula is C21H18O3. The van der Waals surface area contributed by atoms with Gasteiger partial charge in [-0.05, 0) is 36.0 Å². The van der Waals surface area contributed by atoms with E-state index in [0.29, 0.717) is 17.6 Å². The minimum atomic E-state index is -1.07. The molecule has 0 bridgehead atoms. The first-order valence-electron chi connectivity index (χ1n) is 7.98. The van der Waals surface area contributed by atoms with Gasteiger partial charge in [0.1, 0.15) is 0 Å². The van der Waals surface area contributed by atoms with Gasteiger partial charge in [0, 0.05) is 17.2 Å². The second-order valence-electron chi connectivity index (χ2n) is 5.85. The molecule has 0 unspecified atom stereocenters. The number of Topliss-reactive ketones (excluding diaryl/α,β-unsaturated/α-hetero) is 1. The van der Waals surface area contributed by atoms with Crippen LogP contribution in [0, 0.1) is 0 Å². The van der Waals surface area contributed by atoms with Crippen molar-refractivity contribution in [2.75, 3.05) is 0 Å². The summed E-state index contributed by atoms with van der Waals surface area (Å²) < 4.78 is 0. The molecule has 3 heteroatoms.